The molecule has 0 saturated heterocycles. The van der Waals surface area contributed by atoms with E-state index in [2.05, 4.69) is 26.7 Å². The zero-order valence-electron chi connectivity index (χ0n) is 11.3. The van der Waals surface area contributed by atoms with Crippen LogP contribution in [0.1, 0.15) is 31.2 Å². The van der Waals surface area contributed by atoms with Crippen LogP contribution in [0.3, 0.4) is 0 Å². The number of rotatable bonds is 3. The largest absolute Gasteiger partial charge is 0.240 e. The van der Waals surface area contributed by atoms with Gasteiger partial charge in [0.25, 0.3) is 0 Å². The lowest BCUT2D eigenvalue weighted by Crippen LogP contribution is -2.38. The second-order valence-corrected chi connectivity index (χ2v) is 7.79. The highest BCUT2D eigenvalue weighted by molar-refractivity contribution is 9.10. The summed E-state index contributed by atoms with van der Waals surface area (Å²) in [5, 5.41) is 8.96. The second-order valence-electron chi connectivity index (χ2n) is 5.22. The first kappa shape index (κ1) is 15.5. The highest BCUT2D eigenvalue weighted by atomic mass is 79.9. The number of hydrogen-bond acceptors (Lipinski definition) is 3. The smallest absolute Gasteiger partial charge is 0.208 e. The second kappa shape index (κ2) is 6.25. The molecule has 0 aromatic heterocycles. The molecule has 1 aliphatic rings. The van der Waals surface area contributed by atoms with Gasteiger partial charge in [0.1, 0.15) is 0 Å². The Balaban J connectivity index is 2.15. The van der Waals surface area contributed by atoms with E-state index in [0.717, 1.165) is 29.3 Å². The van der Waals surface area contributed by atoms with Crippen LogP contribution in [-0.2, 0) is 10.0 Å². The number of hydrogen-bond donors (Lipinski definition) is 1. The minimum atomic E-state index is -3.51. The van der Waals surface area contributed by atoms with Crippen LogP contribution in [0.4, 0.5) is 0 Å². The zero-order chi connectivity index (χ0) is 14.8. The zero-order valence-corrected chi connectivity index (χ0v) is 13.7. The maximum Gasteiger partial charge on any atom is 0.240 e. The summed E-state index contributed by atoms with van der Waals surface area (Å²) in [4.78, 5) is 0.275. The Bertz CT molecular complexity index is 637. The molecular weight excluding hydrogens is 340 g/mol. The van der Waals surface area contributed by atoms with Crippen LogP contribution in [0.2, 0.25) is 0 Å². The van der Waals surface area contributed by atoms with Gasteiger partial charge in [0.2, 0.25) is 10.0 Å². The van der Waals surface area contributed by atoms with Crippen LogP contribution in [0.15, 0.2) is 27.6 Å². The van der Waals surface area contributed by atoms with Crippen molar-refractivity contribution in [2.45, 2.75) is 43.5 Å². The summed E-state index contributed by atoms with van der Waals surface area (Å²) in [5.41, 5.74) is 0.881. The van der Waals surface area contributed by atoms with Crippen LogP contribution >= 0.6 is 15.9 Å². The molecular formula is C14H17BrN2O2S. The lowest BCUT2D eigenvalue weighted by atomic mass is 9.87. The highest BCUT2D eigenvalue weighted by Gasteiger charge is 2.26. The molecule has 0 spiro atoms. The van der Waals surface area contributed by atoms with Gasteiger partial charge in [-0.25, -0.2) is 13.1 Å². The lowest BCUT2D eigenvalue weighted by molar-refractivity contribution is 0.358. The number of aryl methyl sites for hydroxylation is 1. The third-order valence-electron chi connectivity index (χ3n) is 3.62. The molecule has 20 heavy (non-hydrogen) atoms. The molecule has 1 aliphatic carbocycles. The molecule has 1 fully saturated rings. The maximum absolute atomic E-state index is 12.3. The van der Waals surface area contributed by atoms with E-state index in [1.807, 2.05) is 6.92 Å². The third-order valence-corrected chi connectivity index (χ3v) is 6.03. The number of sulfonamides is 1. The van der Waals surface area contributed by atoms with Gasteiger partial charge in [-0.2, -0.15) is 5.26 Å². The Morgan fingerprint density at radius 3 is 2.80 bits per heavy atom. The quantitative estimate of drug-likeness (QED) is 0.904. The fourth-order valence-electron chi connectivity index (χ4n) is 2.49. The maximum atomic E-state index is 12.3. The highest BCUT2D eigenvalue weighted by Crippen LogP contribution is 2.26. The summed E-state index contributed by atoms with van der Waals surface area (Å²) < 4.78 is 28.3. The fraction of sp³-hybridized carbons (Fsp3) is 0.500. The van der Waals surface area contributed by atoms with Crippen molar-refractivity contribution in [2.75, 3.05) is 0 Å². The molecule has 1 saturated carbocycles. The van der Waals surface area contributed by atoms with Crippen molar-refractivity contribution in [3.8, 4) is 6.07 Å². The van der Waals surface area contributed by atoms with Crippen molar-refractivity contribution in [3.05, 3.63) is 28.2 Å². The van der Waals surface area contributed by atoms with Crippen molar-refractivity contribution < 1.29 is 8.42 Å². The number of nitrogens with zero attached hydrogens (tertiary/aromatic N) is 1. The minimum Gasteiger partial charge on any atom is -0.208 e. The molecule has 108 valence electrons. The monoisotopic (exact) mass is 356 g/mol. The van der Waals surface area contributed by atoms with E-state index in [9.17, 15) is 8.42 Å². The summed E-state index contributed by atoms with van der Waals surface area (Å²) in [6, 6.07) is 7.07. The van der Waals surface area contributed by atoms with Crippen molar-refractivity contribution in [1.82, 2.24) is 4.72 Å². The van der Waals surface area contributed by atoms with Crippen LogP contribution < -0.4 is 4.72 Å². The predicted octanol–water partition coefficient (Wildman–Crippen LogP) is 3.12. The van der Waals surface area contributed by atoms with E-state index in [1.54, 1.807) is 18.2 Å². The molecule has 2 atom stereocenters. The SMILES string of the molecule is Cc1cc(S(=O)(=O)N[C@@H]2CCC[C@@H](C#N)C2)ccc1Br. The van der Waals surface area contributed by atoms with Gasteiger partial charge in [-0.05, 0) is 49.9 Å². The summed E-state index contributed by atoms with van der Waals surface area (Å²) >= 11 is 3.36. The first-order chi connectivity index (χ1) is 9.42. The Morgan fingerprint density at radius 1 is 1.40 bits per heavy atom. The summed E-state index contributed by atoms with van der Waals surface area (Å²) in [5.74, 6) is -0.0388. The van der Waals surface area contributed by atoms with E-state index in [-0.39, 0.29) is 16.9 Å². The Morgan fingerprint density at radius 2 is 2.15 bits per heavy atom. The van der Waals surface area contributed by atoms with Crippen molar-refractivity contribution >= 4 is 26.0 Å². The number of halogens is 1. The molecule has 0 radical (unpaired) electrons. The van der Waals surface area contributed by atoms with Gasteiger partial charge in [-0.3, -0.25) is 0 Å². The average molecular weight is 357 g/mol. The van der Waals surface area contributed by atoms with E-state index in [1.165, 1.54) is 0 Å². The van der Waals surface area contributed by atoms with Crippen molar-refractivity contribution in [2.24, 2.45) is 5.92 Å². The van der Waals surface area contributed by atoms with Gasteiger partial charge in [-0.1, -0.05) is 22.4 Å². The van der Waals surface area contributed by atoms with Crippen LogP contribution in [0, 0.1) is 24.2 Å². The summed E-state index contributed by atoms with van der Waals surface area (Å²) in [6.45, 7) is 1.86. The molecule has 0 amide bonds. The topological polar surface area (TPSA) is 70.0 Å². The third kappa shape index (κ3) is 3.60. The summed E-state index contributed by atoms with van der Waals surface area (Å²) in [7, 11) is -3.51. The molecule has 0 aliphatic heterocycles. The van der Waals surface area contributed by atoms with Gasteiger partial charge in [0.15, 0.2) is 0 Å². The molecule has 6 heteroatoms. The number of benzene rings is 1. The molecule has 0 unspecified atom stereocenters. The molecule has 2 rings (SSSR count). The van der Waals surface area contributed by atoms with Crippen LogP contribution in [-0.4, -0.2) is 14.5 Å². The Labute approximate surface area is 128 Å². The molecule has 0 heterocycles. The first-order valence-corrected chi connectivity index (χ1v) is 8.88. The van der Waals surface area contributed by atoms with Crippen molar-refractivity contribution in [3.63, 3.8) is 0 Å². The lowest BCUT2D eigenvalue weighted by Gasteiger charge is -2.25. The molecule has 0 bridgehead atoms. The van der Waals surface area contributed by atoms with E-state index < -0.39 is 10.0 Å². The molecule has 1 aromatic rings. The molecule has 1 N–H and O–H groups in total. The van der Waals surface area contributed by atoms with Gasteiger partial charge >= 0.3 is 0 Å². The standard InChI is InChI=1S/C14H17BrN2O2S/c1-10-7-13(5-6-14(10)15)20(18,19)17-12-4-2-3-11(8-12)9-16/h5-7,11-12,17H,2-4,8H2,1H3/t11-,12-/m1/s1. The van der Waals surface area contributed by atoms with Crippen LogP contribution in [0.25, 0.3) is 0 Å². The van der Waals surface area contributed by atoms with Crippen molar-refractivity contribution in [1.29, 1.82) is 5.26 Å². The van der Waals surface area contributed by atoms with Gasteiger partial charge in [-0.15, -0.1) is 0 Å². The fourth-order valence-corrected chi connectivity index (χ4v) is 4.10. The predicted molar refractivity (Wildman–Crippen MR) is 80.6 cm³/mol. The van der Waals surface area contributed by atoms with E-state index >= 15 is 0 Å². The van der Waals surface area contributed by atoms with Crippen LogP contribution in [0.5, 0.6) is 0 Å². The van der Waals surface area contributed by atoms with E-state index in [4.69, 9.17) is 5.26 Å². The number of nitriles is 1. The molecule has 4 nitrogen and oxygen atoms in total. The molecule has 1 aromatic carbocycles. The van der Waals surface area contributed by atoms with Gasteiger partial charge < -0.3 is 0 Å². The number of nitrogens with one attached hydrogen (secondary N) is 1. The average Bonchev–Trinajstić information content (AvgIpc) is 2.41. The van der Waals surface area contributed by atoms with Gasteiger partial charge in [0, 0.05) is 16.4 Å². The van der Waals surface area contributed by atoms with Gasteiger partial charge in [0.05, 0.1) is 11.0 Å². The normalized spacial score (nSPS) is 23.2. The van der Waals surface area contributed by atoms with E-state index in [0.29, 0.717) is 6.42 Å². The Hall–Kier alpha value is -0.900. The minimum absolute atomic E-state index is 0.0388. The summed E-state index contributed by atoms with van der Waals surface area (Å²) in [6.07, 6.45) is 3.16. The first-order valence-electron chi connectivity index (χ1n) is 6.60. The Kier molecular flexibility index (Phi) is 4.84.